The molecule has 0 bridgehead atoms. The number of halogens is 1. The second kappa shape index (κ2) is 5.97. The van der Waals surface area contributed by atoms with Gasteiger partial charge in [-0.2, -0.15) is 5.10 Å². The highest BCUT2D eigenvalue weighted by Crippen LogP contribution is 2.25. The number of hydrogen-bond acceptors (Lipinski definition) is 3. The largest absolute Gasteiger partial charge is 0.492 e. The number of hydrogen-bond donors (Lipinski definition) is 1. The van der Waals surface area contributed by atoms with Gasteiger partial charge in [0, 0.05) is 23.6 Å². The first-order valence-corrected chi connectivity index (χ1v) is 7.00. The minimum atomic E-state index is -0.358. The highest BCUT2D eigenvalue weighted by molar-refractivity contribution is 6.04. The minimum absolute atomic E-state index is 0.275. The number of nitrogens with one attached hydrogen (secondary N) is 1. The van der Waals surface area contributed by atoms with Crippen molar-refractivity contribution in [3.05, 3.63) is 65.0 Å². The zero-order valence-corrected chi connectivity index (χ0v) is 12.1. The molecule has 0 aliphatic carbocycles. The van der Waals surface area contributed by atoms with Crippen molar-refractivity contribution in [2.45, 2.75) is 13.3 Å². The van der Waals surface area contributed by atoms with Gasteiger partial charge in [-0.15, -0.1) is 0 Å². The van der Waals surface area contributed by atoms with Gasteiger partial charge in [-0.05, 0) is 31.2 Å². The monoisotopic (exact) mass is 298 g/mol. The van der Waals surface area contributed by atoms with E-state index in [4.69, 9.17) is 4.74 Å². The van der Waals surface area contributed by atoms with Gasteiger partial charge >= 0.3 is 0 Å². The Hall–Kier alpha value is -2.69. The number of amides is 1. The predicted octanol–water partition coefficient (Wildman–Crippen LogP) is 3.05. The molecule has 0 aromatic heterocycles. The summed E-state index contributed by atoms with van der Waals surface area (Å²) in [4.78, 5) is 12.1. The molecule has 2 aromatic carbocycles. The second-order valence-electron chi connectivity index (χ2n) is 5.10. The van der Waals surface area contributed by atoms with Crippen LogP contribution in [0.15, 0.2) is 47.6 Å². The van der Waals surface area contributed by atoms with E-state index in [1.165, 1.54) is 12.1 Å². The number of aryl methyl sites for hydroxylation is 1. The van der Waals surface area contributed by atoms with E-state index in [1.54, 1.807) is 18.2 Å². The van der Waals surface area contributed by atoms with Gasteiger partial charge in [0.25, 0.3) is 5.91 Å². The molecule has 0 atom stereocenters. The van der Waals surface area contributed by atoms with Crippen LogP contribution in [-0.2, 0) is 0 Å². The van der Waals surface area contributed by atoms with Crippen molar-refractivity contribution in [1.29, 1.82) is 0 Å². The van der Waals surface area contributed by atoms with Crippen molar-refractivity contribution in [3.63, 3.8) is 0 Å². The fraction of sp³-hybridized carbons (Fsp3) is 0.176. The van der Waals surface area contributed by atoms with Crippen molar-refractivity contribution in [2.24, 2.45) is 5.10 Å². The van der Waals surface area contributed by atoms with Crippen LogP contribution < -0.4 is 10.2 Å². The Morgan fingerprint density at radius 3 is 2.77 bits per heavy atom. The molecule has 22 heavy (non-hydrogen) atoms. The first kappa shape index (κ1) is 14.3. The van der Waals surface area contributed by atoms with Crippen molar-refractivity contribution in [3.8, 4) is 5.75 Å². The number of carbonyl (C=O) groups is 1. The molecule has 3 rings (SSSR count). The third-order valence-electron chi connectivity index (χ3n) is 3.46. The summed E-state index contributed by atoms with van der Waals surface area (Å²) in [5.41, 5.74) is 5.56. The molecule has 0 radical (unpaired) electrons. The van der Waals surface area contributed by atoms with Crippen LogP contribution in [0.3, 0.4) is 0 Å². The molecule has 4 nitrogen and oxygen atoms in total. The van der Waals surface area contributed by atoms with Gasteiger partial charge in [-0.25, -0.2) is 9.82 Å². The Morgan fingerprint density at radius 2 is 2.00 bits per heavy atom. The Kier molecular flexibility index (Phi) is 3.87. The summed E-state index contributed by atoms with van der Waals surface area (Å²) in [6.45, 7) is 2.37. The van der Waals surface area contributed by atoms with E-state index in [1.807, 2.05) is 19.1 Å². The fourth-order valence-corrected chi connectivity index (χ4v) is 2.25. The van der Waals surface area contributed by atoms with E-state index >= 15 is 0 Å². The average molecular weight is 298 g/mol. The summed E-state index contributed by atoms with van der Waals surface area (Å²) in [7, 11) is 0. The SMILES string of the molecule is Cc1ccc(C(=O)NN=C2CCOc3cc(F)ccc32)cc1. The van der Waals surface area contributed by atoms with Crippen LogP contribution in [0.4, 0.5) is 4.39 Å². The number of nitrogens with zero attached hydrogens (tertiary/aromatic N) is 1. The summed E-state index contributed by atoms with van der Waals surface area (Å²) in [5, 5.41) is 4.17. The number of ether oxygens (including phenoxy) is 1. The van der Waals surface area contributed by atoms with Gasteiger partial charge in [-0.3, -0.25) is 4.79 Å². The summed E-state index contributed by atoms with van der Waals surface area (Å²) < 4.78 is 18.6. The van der Waals surface area contributed by atoms with E-state index in [0.717, 1.165) is 5.56 Å². The maximum absolute atomic E-state index is 13.2. The Bertz CT molecular complexity index is 739. The summed E-state index contributed by atoms with van der Waals surface area (Å²) in [6.07, 6.45) is 0.562. The van der Waals surface area contributed by atoms with Gasteiger partial charge in [0.15, 0.2) is 0 Å². The first-order chi connectivity index (χ1) is 10.6. The summed E-state index contributed by atoms with van der Waals surface area (Å²) in [5.74, 6) is -0.180. The molecule has 112 valence electrons. The Morgan fingerprint density at radius 1 is 1.23 bits per heavy atom. The molecule has 0 saturated carbocycles. The van der Waals surface area contributed by atoms with Crippen LogP contribution in [0.25, 0.3) is 0 Å². The molecular weight excluding hydrogens is 283 g/mol. The normalized spacial score (nSPS) is 15.1. The first-order valence-electron chi connectivity index (χ1n) is 7.00. The lowest BCUT2D eigenvalue weighted by Gasteiger charge is -2.18. The number of rotatable bonds is 2. The van der Waals surface area contributed by atoms with Gasteiger partial charge in [0.05, 0.1) is 12.3 Å². The van der Waals surface area contributed by atoms with Gasteiger partial charge in [0.1, 0.15) is 11.6 Å². The number of carbonyl (C=O) groups excluding carboxylic acids is 1. The van der Waals surface area contributed by atoms with E-state index in [9.17, 15) is 9.18 Å². The average Bonchev–Trinajstić information content (AvgIpc) is 2.52. The molecule has 1 amide bonds. The van der Waals surface area contributed by atoms with Crippen molar-refractivity contribution < 1.29 is 13.9 Å². The predicted molar refractivity (Wildman–Crippen MR) is 81.7 cm³/mol. The minimum Gasteiger partial charge on any atom is -0.492 e. The molecular formula is C17H15FN2O2. The van der Waals surface area contributed by atoms with Gasteiger partial charge in [0.2, 0.25) is 0 Å². The molecule has 5 heteroatoms. The molecule has 0 unspecified atom stereocenters. The molecule has 1 aliphatic heterocycles. The fourth-order valence-electron chi connectivity index (χ4n) is 2.25. The van der Waals surface area contributed by atoms with Gasteiger partial charge < -0.3 is 4.74 Å². The van der Waals surface area contributed by atoms with E-state index in [-0.39, 0.29) is 11.7 Å². The quantitative estimate of drug-likeness (QED) is 0.866. The van der Waals surface area contributed by atoms with Crippen LogP contribution >= 0.6 is 0 Å². The van der Waals surface area contributed by atoms with E-state index < -0.39 is 0 Å². The molecule has 0 fully saturated rings. The molecule has 0 saturated heterocycles. The maximum Gasteiger partial charge on any atom is 0.271 e. The van der Waals surface area contributed by atoms with Crippen LogP contribution in [0.5, 0.6) is 5.75 Å². The zero-order valence-electron chi connectivity index (χ0n) is 12.1. The highest BCUT2D eigenvalue weighted by atomic mass is 19.1. The lowest BCUT2D eigenvalue weighted by atomic mass is 10.0. The number of benzene rings is 2. The molecule has 1 heterocycles. The third-order valence-corrected chi connectivity index (χ3v) is 3.46. The van der Waals surface area contributed by atoms with Crippen LogP contribution in [-0.4, -0.2) is 18.2 Å². The van der Waals surface area contributed by atoms with E-state index in [0.29, 0.717) is 35.6 Å². The molecule has 1 aliphatic rings. The third kappa shape index (κ3) is 2.98. The topological polar surface area (TPSA) is 50.7 Å². The van der Waals surface area contributed by atoms with Crippen molar-refractivity contribution in [1.82, 2.24) is 5.43 Å². The van der Waals surface area contributed by atoms with Crippen molar-refractivity contribution >= 4 is 11.6 Å². The van der Waals surface area contributed by atoms with Crippen LogP contribution in [0.2, 0.25) is 0 Å². The second-order valence-corrected chi connectivity index (χ2v) is 5.10. The smallest absolute Gasteiger partial charge is 0.271 e. The molecule has 1 N–H and O–H groups in total. The lowest BCUT2D eigenvalue weighted by Crippen LogP contribution is -2.23. The Balaban J connectivity index is 1.79. The molecule has 0 spiro atoms. The zero-order chi connectivity index (χ0) is 15.5. The van der Waals surface area contributed by atoms with Crippen LogP contribution in [0, 0.1) is 12.7 Å². The summed E-state index contributed by atoms with van der Waals surface area (Å²) in [6, 6.07) is 11.5. The van der Waals surface area contributed by atoms with E-state index in [2.05, 4.69) is 10.5 Å². The van der Waals surface area contributed by atoms with Crippen molar-refractivity contribution in [2.75, 3.05) is 6.61 Å². The standard InChI is InChI=1S/C17H15FN2O2/c1-11-2-4-12(5-3-11)17(21)20-19-15-8-9-22-16-10-13(18)6-7-14(15)16/h2-7,10H,8-9H2,1H3,(H,20,21). The van der Waals surface area contributed by atoms with Gasteiger partial charge in [-0.1, -0.05) is 17.7 Å². The lowest BCUT2D eigenvalue weighted by molar-refractivity contribution is 0.0954. The summed E-state index contributed by atoms with van der Waals surface area (Å²) >= 11 is 0. The van der Waals surface area contributed by atoms with Crippen LogP contribution in [0.1, 0.15) is 27.9 Å². The maximum atomic E-state index is 13.2. The Labute approximate surface area is 127 Å². The highest BCUT2D eigenvalue weighted by Gasteiger charge is 2.18. The number of hydrazone groups is 1. The number of fused-ring (bicyclic) bond motifs is 1. The molecule has 2 aromatic rings.